The second-order valence-corrected chi connectivity index (χ2v) is 6.57. The van der Waals surface area contributed by atoms with Crippen LogP contribution in [-0.2, 0) is 10.0 Å². The van der Waals surface area contributed by atoms with Crippen molar-refractivity contribution >= 4 is 10.0 Å². The van der Waals surface area contributed by atoms with E-state index in [-0.39, 0.29) is 17.5 Å². The summed E-state index contributed by atoms with van der Waals surface area (Å²) in [5.74, 6) is -0.713. The number of rotatable bonds is 7. The van der Waals surface area contributed by atoms with E-state index >= 15 is 0 Å². The van der Waals surface area contributed by atoms with Crippen molar-refractivity contribution in [1.29, 1.82) is 0 Å². The van der Waals surface area contributed by atoms with Crippen molar-refractivity contribution in [2.45, 2.75) is 36.6 Å². The number of nitrogens with zero attached hydrogens (tertiary/aromatic N) is 1. The molecule has 0 bridgehead atoms. The molecule has 0 amide bonds. The normalized spacial score (nSPS) is 15.9. The number of hydrogen-bond acceptors (Lipinski definition) is 3. The van der Waals surface area contributed by atoms with Crippen LogP contribution >= 0.6 is 0 Å². The summed E-state index contributed by atoms with van der Waals surface area (Å²) < 4.78 is 40.0. The summed E-state index contributed by atoms with van der Waals surface area (Å²) in [6, 6.07) is 5.44. The van der Waals surface area contributed by atoms with E-state index in [1.54, 1.807) is 0 Å². The van der Waals surface area contributed by atoms with E-state index in [1.165, 1.54) is 22.5 Å². The monoisotopic (exact) mass is 287 g/mol. The van der Waals surface area contributed by atoms with Gasteiger partial charge in [-0.25, -0.2) is 12.8 Å². The Hall–Kier alpha value is -0.980. The molecule has 0 heterocycles. The van der Waals surface area contributed by atoms with E-state index < -0.39 is 15.8 Å². The lowest BCUT2D eigenvalue weighted by Gasteiger charge is -2.22. The highest BCUT2D eigenvalue weighted by Gasteiger charge is 2.38. The first kappa shape index (κ1) is 14.4. The summed E-state index contributed by atoms with van der Waals surface area (Å²) in [5.41, 5.74) is 0. The Balaban J connectivity index is 2.22. The Morgan fingerprint density at radius 3 is 2.53 bits per heavy atom. The summed E-state index contributed by atoms with van der Waals surface area (Å²) >= 11 is 0. The lowest BCUT2D eigenvalue weighted by molar-refractivity contribution is 0.275. The molecule has 2 rings (SSSR count). The molecule has 4 nitrogen and oxygen atoms in total. The lowest BCUT2D eigenvalue weighted by atomic mass is 10.3. The van der Waals surface area contributed by atoms with E-state index in [9.17, 15) is 12.8 Å². The smallest absolute Gasteiger partial charge is 0.246 e. The van der Waals surface area contributed by atoms with Crippen LogP contribution in [0.15, 0.2) is 29.2 Å². The van der Waals surface area contributed by atoms with E-state index in [2.05, 4.69) is 0 Å². The van der Waals surface area contributed by atoms with Crippen molar-refractivity contribution in [2.24, 2.45) is 0 Å². The van der Waals surface area contributed by atoms with Gasteiger partial charge in [-0.2, -0.15) is 4.31 Å². The van der Waals surface area contributed by atoms with Gasteiger partial charge in [0.15, 0.2) is 0 Å². The molecule has 0 unspecified atom stereocenters. The number of unbranched alkanes of at least 4 members (excludes halogenated alkanes) is 1. The van der Waals surface area contributed by atoms with Crippen LogP contribution in [0, 0.1) is 5.82 Å². The first-order valence-electron chi connectivity index (χ1n) is 6.44. The fourth-order valence-corrected chi connectivity index (χ4v) is 3.81. The van der Waals surface area contributed by atoms with Crippen LogP contribution in [0.1, 0.15) is 25.7 Å². The largest absolute Gasteiger partial charge is 0.396 e. The number of aliphatic hydroxyl groups is 1. The lowest BCUT2D eigenvalue weighted by Crippen LogP contribution is -2.34. The molecule has 1 aliphatic rings. The first-order chi connectivity index (χ1) is 9.07. The maximum absolute atomic E-state index is 13.7. The summed E-state index contributed by atoms with van der Waals surface area (Å²) in [7, 11) is -3.77. The molecule has 0 aliphatic heterocycles. The van der Waals surface area contributed by atoms with Gasteiger partial charge in [-0.05, 0) is 37.8 Å². The summed E-state index contributed by atoms with van der Waals surface area (Å²) in [5, 5.41) is 8.77. The van der Waals surface area contributed by atoms with E-state index in [1.807, 2.05) is 0 Å². The molecular formula is C13H18FNO3S. The summed E-state index contributed by atoms with van der Waals surface area (Å²) in [6.45, 7) is 0.375. The van der Waals surface area contributed by atoms with Crippen LogP contribution in [0.4, 0.5) is 4.39 Å². The predicted octanol–water partition coefficient (Wildman–Crippen LogP) is 1.75. The van der Waals surface area contributed by atoms with Crippen LogP contribution in [0.3, 0.4) is 0 Å². The van der Waals surface area contributed by atoms with Crippen LogP contribution in [0.25, 0.3) is 0 Å². The van der Waals surface area contributed by atoms with Gasteiger partial charge in [0.2, 0.25) is 10.0 Å². The minimum Gasteiger partial charge on any atom is -0.396 e. The SMILES string of the molecule is O=S(=O)(c1ccccc1F)N(CCCCO)C1CC1. The summed E-state index contributed by atoms with van der Waals surface area (Å²) in [6.07, 6.45) is 2.79. The van der Waals surface area contributed by atoms with Gasteiger partial charge in [-0.15, -0.1) is 0 Å². The first-order valence-corrected chi connectivity index (χ1v) is 7.88. The fourth-order valence-electron chi connectivity index (χ4n) is 2.02. The second kappa shape index (κ2) is 5.98. The van der Waals surface area contributed by atoms with Gasteiger partial charge in [0, 0.05) is 19.2 Å². The Kier molecular flexibility index (Phi) is 4.54. The quantitative estimate of drug-likeness (QED) is 0.777. The number of aliphatic hydroxyl groups excluding tert-OH is 1. The molecule has 1 aromatic rings. The third-order valence-electron chi connectivity index (χ3n) is 3.16. The highest BCUT2D eigenvalue weighted by atomic mass is 32.2. The van der Waals surface area contributed by atoms with Crippen LogP contribution in [0.2, 0.25) is 0 Å². The number of sulfonamides is 1. The fraction of sp³-hybridized carbons (Fsp3) is 0.538. The third kappa shape index (κ3) is 3.32. The van der Waals surface area contributed by atoms with Crippen LogP contribution < -0.4 is 0 Å². The van der Waals surface area contributed by atoms with Crippen molar-refractivity contribution < 1.29 is 17.9 Å². The van der Waals surface area contributed by atoms with Crippen molar-refractivity contribution in [1.82, 2.24) is 4.31 Å². The highest BCUT2D eigenvalue weighted by molar-refractivity contribution is 7.89. The molecule has 106 valence electrons. The molecule has 0 radical (unpaired) electrons. The molecule has 1 fully saturated rings. The van der Waals surface area contributed by atoms with Crippen LogP contribution in [0.5, 0.6) is 0 Å². The van der Waals surface area contributed by atoms with Crippen molar-refractivity contribution in [3.63, 3.8) is 0 Å². The molecule has 0 saturated heterocycles. The van der Waals surface area contributed by atoms with Gasteiger partial charge in [0.25, 0.3) is 0 Å². The zero-order valence-electron chi connectivity index (χ0n) is 10.6. The molecule has 0 atom stereocenters. The number of benzene rings is 1. The van der Waals surface area contributed by atoms with E-state index in [0.29, 0.717) is 19.4 Å². The maximum atomic E-state index is 13.7. The van der Waals surface area contributed by atoms with Crippen molar-refractivity contribution in [3.8, 4) is 0 Å². The molecule has 1 aromatic carbocycles. The molecule has 1 aliphatic carbocycles. The Morgan fingerprint density at radius 1 is 1.26 bits per heavy atom. The van der Waals surface area contributed by atoms with Crippen molar-refractivity contribution in [3.05, 3.63) is 30.1 Å². The minimum atomic E-state index is -3.77. The van der Waals surface area contributed by atoms with Gasteiger partial charge in [-0.1, -0.05) is 12.1 Å². The predicted molar refractivity (Wildman–Crippen MR) is 69.6 cm³/mol. The zero-order chi connectivity index (χ0) is 13.9. The Bertz CT molecular complexity index is 528. The van der Waals surface area contributed by atoms with Gasteiger partial charge in [-0.3, -0.25) is 0 Å². The molecule has 1 N–H and O–H groups in total. The van der Waals surface area contributed by atoms with Gasteiger partial charge < -0.3 is 5.11 Å². The average Bonchev–Trinajstić information content (AvgIpc) is 3.19. The molecular weight excluding hydrogens is 269 g/mol. The molecule has 0 aromatic heterocycles. The van der Waals surface area contributed by atoms with Crippen LogP contribution in [-0.4, -0.2) is 37.0 Å². The average molecular weight is 287 g/mol. The Labute approximate surface area is 112 Å². The van der Waals surface area contributed by atoms with Gasteiger partial charge in [0.05, 0.1) is 0 Å². The highest BCUT2D eigenvalue weighted by Crippen LogP contribution is 2.32. The van der Waals surface area contributed by atoms with Gasteiger partial charge in [0.1, 0.15) is 10.7 Å². The molecule has 6 heteroatoms. The standard InChI is InChI=1S/C13H18FNO3S/c14-12-5-1-2-6-13(12)19(17,18)15(11-7-8-11)9-3-4-10-16/h1-2,5-6,11,16H,3-4,7-10H2. The maximum Gasteiger partial charge on any atom is 0.246 e. The molecule has 0 spiro atoms. The van der Waals surface area contributed by atoms with Gasteiger partial charge >= 0.3 is 0 Å². The number of hydrogen-bond donors (Lipinski definition) is 1. The molecule has 1 saturated carbocycles. The summed E-state index contributed by atoms with van der Waals surface area (Å²) in [4.78, 5) is -0.258. The van der Waals surface area contributed by atoms with Crippen molar-refractivity contribution in [2.75, 3.05) is 13.2 Å². The third-order valence-corrected chi connectivity index (χ3v) is 5.15. The second-order valence-electron chi connectivity index (χ2n) is 4.71. The Morgan fingerprint density at radius 2 is 1.95 bits per heavy atom. The zero-order valence-corrected chi connectivity index (χ0v) is 11.4. The minimum absolute atomic E-state index is 0.0108. The molecule has 19 heavy (non-hydrogen) atoms. The topological polar surface area (TPSA) is 57.6 Å². The van der Waals surface area contributed by atoms with E-state index in [0.717, 1.165) is 18.9 Å². The van der Waals surface area contributed by atoms with E-state index in [4.69, 9.17) is 5.11 Å². The number of halogens is 1.